The minimum Gasteiger partial charge on any atom is -0.484 e. The van der Waals surface area contributed by atoms with Gasteiger partial charge < -0.3 is 20.3 Å². The Morgan fingerprint density at radius 2 is 1.96 bits per heavy atom. The third-order valence-corrected chi connectivity index (χ3v) is 4.74. The van der Waals surface area contributed by atoms with E-state index in [1.54, 1.807) is 0 Å². The lowest BCUT2D eigenvalue weighted by molar-refractivity contribution is -0.123. The number of hydrogen-bond donors (Lipinski definition) is 2. The molecule has 0 bridgehead atoms. The highest BCUT2D eigenvalue weighted by atomic mass is 16.5. The van der Waals surface area contributed by atoms with Crippen LogP contribution in [-0.4, -0.2) is 42.6 Å². The van der Waals surface area contributed by atoms with Gasteiger partial charge in [-0.3, -0.25) is 4.79 Å². The van der Waals surface area contributed by atoms with Crippen LogP contribution >= 0.6 is 0 Å². The van der Waals surface area contributed by atoms with Crippen molar-refractivity contribution in [2.45, 2.75) is 45.2 Å². The Morgan fingerprint density at radius 3 is 2.56 bits per heavy atom. The van der Waals surface area contributed by atoms with E-state index in [0.29, 0.717) is 17.7 Å². The fraction of sp³-hybridized carbons (Fsp3) is 0.579. The molecule has 2 atom stereocenters. The summed E-state index contributed by atoms with van der Waals surface area (Å²) in [5.41, 5.74) is 1.01. The van der Waals surface area contributed by atoms with E-state index in [9.17, 15) is 9.59 Å². The van der Waals surface area contributed by atoms with Crippen LogP contribution in [0.4, 0.5) is 4.79 Å². The Hall–Kier alpha value is -2.24. The number of amides is 3. The van der Waals surface area contributed by atoms with Crippen LogP contribution in [0.15, 0.2) is 24.3 Å². The van der Waals surface area contributed by atoms with Crippen LogP contribution < -0.4 is 15.4 Å². The van der Waals surface area contributed by atoms with Crippen LogP contribution in [0.3, 0.4) is 0 Å². The van der Waals surface area contributed by atoms with Crippen LogP contribution in [0.1, 0.15) is 44.7 Å². The summed E-state index contributed by atoms with van der Waals surface area (Å²) in [7, 11) is 0. The largest absolute Gasteiger partial charge is 0.484 e. The minimum atomic E-state index is -0.0768. The molecule has 1 aliphatic heterocycles. The van der Waals surface area contributed by atoms with Crippen molar-refractivity contribution < 1.29 is 14.3 Å². The first-order valence-electron chi connectivity index (χ1n) is 9.09. The summed E-state index contributed by atoms with van der Waals surface area (Å²) in [5.74, 6) is 1.16. The number of likely N-dealkylation sites (tertiary alicyclic amines) is 1. The van der Waals surface area contributed by atoms with E-state index in [4.69, 9.17) is 4.74 Å². The lowest BCUT2D eigenvalue weighted by atomic mass is 10.1. The van der Waals surface area contributed by atoms with Crippen LogP contribution in [0.25, 0.3) is 0 Å². The van der Waals surface area contributed by atoms with Crippen molar-refractivity contribution in [3.05, 3.63) is 29.8 Å². The van der Waals surface area contributed by atoms with Gasteiger partial charge in [-0.2, -0.15) is 0 Å². The lowest BCUT2D eigenvalue weighted by Gasteiger charge is -2.21. The fourth-order valence-electron chi connectivity index (χ4n) is 2.98. The van der Waals surface area contributed by atoms with Gasteiger partial charge in [-0.1, -0.05) is 19.1 Å². The molecule has 25 heavy (non-hydrogen) atoms. The van der Waals surface area contributed by atoms with Gasteiger partial charge in [-0.15, -0.1) is 0 Å². The van der Waals surface area contributed by atoms with E-state index >= 15 is 0 Å². The third-order valence-electron chi connectivity index (χ3n) is 4.74. The molecule has 2 unspecified atom stereocenters. The van der Waals surface area contributed by atoms with Crippen LogP contribution in [0, 0.1) is 5.92 Å². The van der Waals surface area contributed by atoms with E-state index in [1.165, 1.54) is 0 Å². The summed E-state index contributed by atoms with van der Waals surface area (Å²) in [6, 6.07) is 7.78. The quantitative estimate of drug-likeness (QED) is 0.832. The molecular weight excluding hydrogens is 318 g/mol. The maximum Gasteiger partial charge on any atom is 0.317 e. The number of nitrogens with one attached hydrogen (secondary N) is 2. The summed E-state index contributed by atoms with van der Waals surface area (Å²) in [6.07, 6.45) is 3.21. The molecule has 2 N–H and O–H groups in total. The molecule has 6 heteroatoms. The van der Waals surface area contributed by atoms with Gasteiger partial charge in [0.05, 0.1) is 6.04 Å². The highest BCUT2D eigenvalue weighted by Gasteiger charge is 2.24. The average molecular weight is 345 g/mol. The molecule has 3 rings (SSSR count). The topological polar surface area (TPSA) is 70.7 Å². The number of nitrogens with zero attached hydrogens (tertiary/aromatic N) is 1. The Labute approximate surface area is 148 Å². The molecule has 1 aliphatic carbocycles. The second kappa shape index (κ2) is 7.76. The molecule has 1 heterocycles. The summed E-state index contributed by atoms with van der Waals surface area (Å²) in [5, 5.41) is 5.93. The molecule has 2 fully saturated rings. The van der Waals surface area contributed by atoms with E-state index in [-0.39, 0.29) is 24.6 Å². The number of carbonyl (C=O) groups excluding carboxylic acids is 2. The van der Waals surface area contributed by atoms with Gasteiger partial charge in [0.2, 0.25) is 0 Å². The molecular formula is C19H27N3O3. The molecule has 1 aromatic rings. The van der Waals surface area contributed by atoms with E-state index in [1.807, 2.05) is 36.1 Å². The molecule has 1 saturated heterocycles. The molecule has 0 spiro atoms. The third kappa shape index (κ3) is 5.11. The standard InChI is InChI=1S/C19H27N3O3/c1-13-9-10-22(11-13)19(24)20-14(2)15-3-7-17(8-4-15)25-12-18(23)21-16-5-6-16/h3-4,7-8,13-14,16H,5-6,9-12H2,1-2H3,(H,20,24)(H,21,23). The summed E-state index contributed by atoms with van der Waals surface area (Å²) >= 11 is 0. The van der Waals surface area contributed by atoms with Crippen molar-refractivity contribution in [2.24, 2.45) is 5.92 Å². The zero-order chi connectivity index (χ0) is 17.8. The van der Waals surface area contributed by atoms with Crippen molar-refractivity contribution in [2.75, 3.05) is 19.7 Å². The first kappa shape index (κ1) is 17.6. The van der Waals surface area contributed by atoms with Crippen molar-refractivity contribution >= 4 is 11.9 Å². The van der Waals surface area contributed by atoms with Gasteiger partial charge in [-0.25, -0.2) is 4.79 Å². The van der Waals surface area contributed by atoms with E-state index < -0.39 is 0 Å². The Bertz CT molecular complexity index is 613. The highest BCUT2D eigenvalue weighted by molar-refractivity contribution is 5.78. The molecule has 3 amide bonds. The number of ether oxygens (including phenoxy) is 1. The highest BCUT2D eigenvalue weighted by Crippen LogP contribution is 2.20. The number of urea groups is 1. The van der Waals surface area contributed by atoms with Gasteiger partial charge in [0, 0.05) is 19.1 Å². The molecule has 136 valence electrons. The maximum absolute atomic E-state index is 12.3. The Balaban J connectivity index is 1.45. The minimum absolute atomic E-state index is 0.00563. The van der Waals surface area contributed by atoms with Crippen molar-refractivity contribution in [3.8, 4) is 5.75 Å². The maximum atomic E-state index is 12.3. The average Bonchev–Trinajstić information content (AvgIpc) is 3.30. The van der Waals surface area contributed by atoms with Crippen LogP contribution in [0.2, 0.25) is 0 Å². The van der Waals surface area contributed by atoms with Gasteiger partial charge in [0.25, 0.3) is 5.91 Å². The molecule has 0 radical (unpaired) electrons. The van der Waals surface area contributed by atoms with Crippen LogP contribution in [-0.2, 0) is 4.79 Å². The van der Waals surface area contributed by atoms with Gasteiger partial charge in [0.15, 0.2) is 6.61 Å². The van der Waals surface area contributed by atoms with Crippen molar-refractivity contribution in [3.63, 3.8) is 0 Å². The smallest absolute Gasteiger partial charge is 0.317 e. The number of hydrogen-bond acceptors (Lipinski definition) is 3. The summed E-state index contributed by atoms with van der Waals surface area (Å²) in [4.78, 5) is 25.8. The second-order valence-electron chi connectivity index (χ2n) is 7.21. The predicted octanol–water partition coefficient (Wildman–Crippen LogP) is 2.46. The normalized spacial score (nSPS) is 20.9. The Morgan fingerprint density at radius 1 is 1.24 bits per heavy atom. The van der Waals surface area contributed by atoms with Crippen molar-refractivity contribution in [1.29, 1.82) is 0 Å². The van der Waals surface area contributed by atoms with Gasteiger partial charge in [-0.05, 0) is 49.8 Å². The van der Waals surface area contributed by atoms with Gasteiger partial charge in [0.1, 0.15) is 5.75 Å². The van der Waals surface area contributed by atoms with E-state index in [2.05, 4.69) is 17.6 Å². The molecule has 0 aromatic heterocycles. The zero-order valence-electron chi connectivity index (χ0n) is 15.0. The molecule has 6 nitrogen and oxygen atoms in total. The predicted molar refractivity (Wildman–Crippen MR) is 95.4 cm³/mol. The molecule has 1 aromatic carbocycles. The monoisotopic (exact) mass is 345 g/mol. The summed E-state index contributed by atoms with van der Waals surface area (Å²) < 4.78 is 5.50. The number of rotatable bonds is 6. The molecule has 1 saturated carbocycles. The lowest BCUT2D eigenvalue weighted by Crippen LogP contribution is -2.39. The first-order valence-corrected chi connectivity index (χ1v) is 9.09. The first-order chi connectivity index (χ1) is 12.0. The molecule has 2 aliphatic rings. The van der Waals surface area contributed by atoms with Gasteiger partial charge >= 0.3 is 6.03 Å². The summed E-state index contributed by atoms with van der Waals surface area (Å²) in [6.45, 7) is 5.83. The Kier molecular flexibility index (Phi) is 5.46. The zero-order valence-corrected chi connectivity index (χ0v) is 15.0. The second-order valence-corrected chi connectivity index (χ2v) is 7.21. The fourth-order valence-corrected chi connectivity index (χ4v) is 2.98. The SMILES string of the molecule is CC1CCN(C(=O)NC(C)c2ccc(OCC(=O)NC3CC3)cc2)C1. The number of carbonyl (C=O) groups is 2. The van der Waals surface area contributed by atoms with E-state index in [0.717, 1.165) is 37.9 Å². The number of benzene rings is 1. The van der Waals surface area contributed by atoms with Crippen LogP contribution in [0.5, 0.6) is 5.75 Å². The van der Waals surface area contributed by atoms with Crippen molar-refractivity contribution in [1.82, 2.24) is 15.5 Å².